The van der Waals surface area contributed by atoms with Crippen molar-refractivity contribution in [3.8, 4) is 0 Å². The highest BCUT2D eigenvalue weighted by molar-refractivity contribution is 5.76. The third kappa shape index (κ3) is 3.72. The Morgan fingerprint density at radius 3 is 2.26 bits per heavy atom. The number of aliphatic carboxylic acids is 1. The van der Waals surface area contributed by atoms with Crippen LogP contribution in [0.4, 0.5) is 13.2 Å². The molecule has 0 aromatic heterocycles. The lowest BCUT2D eigenvalue weighted by molar-refractivity contribution is -0.141. The van der Waals surface area contributed by atoms with E-state index < -0.39 is 23.6 Å². The molecule has 1 atom stereocenters. The summed E-state index contributed by atoms with van der Waals surface area (Å²) in [6.07, 6.45) is -3.22. The molecule has 0 aliphatic carbocycles. The molecule has 0 radical (unpaired) electrons. The number of benzene rings is 1. The van der Waals surface area contributed by atoms with Gasteiger partial charge < -0.3 is 5.11 Å². The summed E-state index contributed by atoms with van der Waals surface area (Å²) in [6, 6.07) is 4.61. The standard InChI is InChI=1S/C14H17F3O2/c1-3-9(4-2)12(13(18)19)10-6-5-7-11(8-10)14(15,16)17/h5-9,12H,3-4H2,1-2H3,(H,18,19). The quantitative estimate of drug-likeness (QED) is 0.868. The van der Waals surface area contributed by atoms with Gasteiger partial charge in [0, 0.05) is 0 Å². The van der Waals surface area contributed by atoms with E-state index >= 15 is 0 Å². The summed E-state index contributed by atoms with van der Waals surface area (Å²) in [5.74, 6) is -2.13. The summed E-state index contributed by atoms with van der Waals surface area (Å²) in [4.78, 5) is 11.3. The minimum Gasteiger partial charge on any atom is -0.481 e. The summed E-state index contributed by atoms with van der Waals surface area (Å²) >= 11 is 0. The SMILES string of the molecule is CCC(CC)C(C(=O)O)c1cccc(C(F)(F)F)c1. The average molecular weight is 274 g/mol. The maximum absolute atomic E-state index is 12.6. The molecule has 0 bridgehead atoms. The Balaban J connectivity index is 3.21. The molecule has 1 aromatic carbocycles. The molecule has 19 heavy (non-hydrogen) atoms. The zero-order valence-corrected chi connectivity index (χ0v) is 10.9. The second-order valence-electron chi connectivity index (χ2n) is 4.52. The second kappa shape index (κ2) is 6.08. The fraction of sp³-hybridized carbons (Fsp3) is 0.500. The van der Waals surface area contributed by atoms with Gasteiger partial charge in [0.05, 0.1) is 11.5 Å². The Morgan fingerprint density at radius 2 is 1.84 bits per heavy atom. The van der Waals surface area contributed by atoms with E-state index in [0.29, 0.717) is 12.8 Å². The summed E-state index contributed by atoms with van der Waals surface area (Å²) in [6.45, 7) is 3.69. The van der Waals surface area contributed by atoms with Gasteiger partial charge in [-0.3, -0.25) is 4.79 Å². The van der Waals surface area contributed by atoms with E-state index in [2.05, 4.69) is 0 Å². The van der Waals surface area contributed by atoms with E-state index in [1.165, 1.54) is 12.1 Å². The van der Waals surface area contributed by atoms with Crippen LogP contribution in [0.5, 0.6) is 0 Å². The Morgan fingerprint density at radius 1 is 1.26 bits per heavy atom. The van der Waals surface area contributed by atoms with Crippen LogP contribution in [0.2, 0.25) is 0 Å². The lowest BCUT2D eigenvalue weighted by atomic mass is 9.82. The molecular formula is C14H17F3O2. The first-order chi connectivity index (χ1) is 8.81. The van der Waals surface area contributed by atoms with Gasteiger partial charge in [-0.1, -0.05) is 44.9 Å². The van der Waals surface area contributed by atoms with Crippen LogP contribution in [0.1, 0.15) is 43.7 Å². The summed E-state index contributed by atoms with van der Waals surface area (Å²) in [7, 11) is 0. The topological polar surface area (TPSA) is 37.3 Å². The highest BCUT2D eigenvalue weighted by Gasteiger charge is 2.33. The van der Waals surface area contributed by atoms with Gasteiger partial charge in [-0.15, -0.1) is 0 Å². The largest absolute Gasteiger partial charge is 0.481 e. The average Bonchev–Trinajstić information content (AvgIpc) is 2.34. The fourth-order valence-corrected chi connectivity index (χ4v) is 2.28. The smallest absolute Gasteiger partial charge is 0.416 e. The first-order valence-corrected chi connectivity index (χ1v) is 6.21. The van der Waals surface area contributed by atoms with E-state index in [1.54, 1.807) is 0 Å². The van der Waals surface area contributed by atoms with E-state index in [9.17, 15) is 23.1 Å². The van der Waals surface area contributed by atoms with E-state index in [4.69, 9.17) is 0 Å². The third-order valence-electron chi connectivity index (χ3n) is 3.36. The molecule has 0 saturated carbocycles. The van der Waals surface area contributed by atoms with Crippen molar-refractivity contribution in [1.82, 2.24) is 0 Å². The van der Waals surface area contributed by atoms with Crippen molar-refractivity contribution >= 4 is 5.97 Å². The number of carboxylic acid groups (broad SMARTS) is 1. The molecule has 1 aromatic rings. The van der Waals surface area contributed by atoms with Gasteiger partial charge in [0.2, 0.25) is 0 Å². The Bertz CT molecular complexity index is 437. The van der Waals surface area contributed by atoms with Crippen LogP contribution < -0.4 is 0 Å². The van der Waals surface area contributed by atoms with Gasteiger partial charge in [-0.05, 0) is 17.5 Å². The van der Waals surface area contributed by atoms with Gasteiger partial charge in [-0.2, -0.15) is 13.2 Å². The van der Waals surface area contributed by atoms with Crippen LogP contribution in [0.3, 0.4) is 0 Å². The molecule has 2 nitrogen and oxygen atoms in total. The summed E-state index contributed by atoms with van der Waals surface area (Å²) in [5.41, 5.74) is -0.585. The molecule has 1 rings (SSSR count). The molecule has 106 valence electrons. The number of halogens is 3. The monoisotopic (exact) mass is 274 g/mol. The van der Waals surface area contributed by atoms with Gasteiger partial charge >= 0.3 is 12.1 Å². The Hall–Kier alpha value is -1.52. The number of carboxylic acids is 1. The summed E-state index contributed by atoms with van der Waals surface area (Å²) in [5, 5.41) is 9.27. The minimum atomic E-state index is -4.45. The predicted octanol–water partition coefficient (Wildman–Crippen LogP) is 4.31. The van der Waals surface area contributed by atoms with Crippen molar-refractivity contribution < 1.29 is 23.1 Å². The number of hydrogen-bond acceptors (Lipinski definition) is 1. The number of carbonyl (C=O) groups is 1. The molecule has 1 N–H and O–H groups in total. The number of rotatable bonds is 5. The molecule has 0 amide bonds. The van der Waals surface area contributed by atoms with E-state index in [1.807, 2.05) is 13.8 Å². The molecule has 0 aliphatic rings. The van der Waals surface area contributed by atoms with Crippen LogP contribution in [-0.4, -0.2) is 11.1 Å². The van der Waals surface area contributed by atoms with Crippen molar-refractivity contribution in [2.45, 2.75) is 38.8 Å². The van der Waals surface area contributed by atoms with Crippen LogP contribution >= 0.6 is 0 Å². The highest BCUT2D eigenvalue weighted by atomic mass is 19.4. The molecule has 0 aliphatic heterocycles. The van der Waals surface area contributed by atoms with Crippen molar-refractivity contribution in [3.05, 3.63) is 35.4 Å². The molecular weight excluding hydrogens is 257 g/mol. The van der Waals surface area contributed by atoms with Gasteiger partial charge in [-0.25, -0.2) is 0 Å². The summed E-state index contributed by atoms with van der Waals surface area (Å²) < 4.78 is 37.9. The zero-order valence-electron chi connectivity index (χ0n) is 10.9. The normalized spacial score (nSPS) is 13.6. The molecule has 5 heteroatoms. The van der Waals surface area contributed by atoms with E-state index in [0.717, 1.165) is 12.1 Å². The maximum Gasteiger partial charge on any atom is 0.416 e. The van der Waals surface area contributed by atoms with Crippen LogP contribution in [-0.2, 0) is 11.0 Å². The molecule has 1 unspecified atom stereocenters. The van der Waals surface area contributed by atoms with Gasteiger partial charge in [0.15, 0.2) is 0 Å². The number of hydrogen-bond donors (Lipinski definition) is 1. The van der Waals surface area contributed by atoms with Crippen molar-refractivity contribution in [3.63, 3.8) is 0 Å². The van der Waals surface area contributed by atoms with Crippen LogP contribution in [0, 0.1) is 5.92 Å². The minimum absolute atomic E-state index is 0.166. The van der Waals surface area contributed by atoms with Gasteiger partial charge in [0.1, 0.15) is 0 Å². The molecule has 0 fully saturated rings. The lowest BCUT2D eigenvalue weighted by Gasteiger charge is -2.22. The highest BCUT2D eigenvalue weighted by Crippen LogP contribution is 2.34. The lowest BCUT2D eigenvalue weighted by Crippen LogP contribution is -2.21. The van der Waals surface area contributed by atoms with Crippen molar-refractivity contribution in [2.75, 3.05) is 0 Å². The third-order valence-corrected chi connectivity index (χ3v) is 3.36. The van der Waals surface area contributed by atoms with Crippen LogP contribution in [0.15, 0.2) is 24.3 Å². The first kappa shape index (κ1) is 15.5. The Kier molecular flexibility index (Phi) is 4.97. The van der Waals surface area contributed by atoms with E-state index in [-0.39, 0.29) is 11.5 Å². The van der Waals surface area contributed by atoms with Crippen molar-refractivity contribution in [2.24, 2.45) is 5.92 Å². The zero-order chi connectivity index (χ0) is 14.6. The second-order valence-corrected chi connectivity index (χ2v) is 4.52. The maximum atomic E-state index is 12.6. The van der Waals surface area contributed by atoms with Crippen molar-refractivity contribution in [1.29, 1.82) is 0 Å². The molecule has 0 heterocycles. The number of alkyl halides is 3. The van der Waals surface area contributed by atoms with Gasteiger partial charge in [0.25, 0.3) is 0 Å². The molecule has 0 spiro atoms. The first-order valence-electron chi connectivity index (χ1n) is 6.21. The fourth-order valence-electron chi connectivity index (χ4n) is 2.28. The predicted molar refractivity (Wildman–Crippen MR) is 65.9 cm³/mol. The Labute approximate surface area is 110 Å². The molecule has 0 saturated heterocycles. The van der Waals surface area contributed by atoms with Crippen LogP contribution in [0.25, 0.3) is 0 Å².